The van der Waals surface area contributed by atoms with E-state index in [0.29, 0.717) is 18.9 Å². The minimum atomic E-state index is -0.0196. The standard InChI is InChI=1S/C9H15NO2/c11-9(3-4-10-5-6-10)12-7-8-1-2-8/h8H,1-7H2. The number of hydrogen-bond donors (Lipinski definition) is 0. The maximum absolute atomic E-state index is 11.1. The highest BCUT2D eigenvalue weighted by molar-refractivity contribution is 5.69. The lowest BCUT2D eigenvalue weighted by molar-refractivity contribution is -0.144. The molecule has 2 fully saturated rings. The van der Waals surface area contributed by atoms with Gasteiger partial charge in [-0.1, -0.05) is 0 Å². The molecule has 0 aromatic rings. The first-order chi connectivity index (χ1) is 5.84. The first-order valence-electron chi connectivity index (χ1n) is 4.72. The zero-order chi connectivity index (χ0) is 8.39. The van der Waals surface area contributed by atoms with Gasteiger partial charge in [0.2, 0.25) is 0 Å². The number of esters is 1. The third kappa shape index (κ3) is 2.81. The van der Waals surface area contributed by atoms with E-state index in [-0.39, 0.29) is 5.97 Å². The lowest BCUT2D eigenvalue weighted by Gasteiger charge is -2.02. The molecule has 0 bridgehead atoms. The highest BCUT2D eigenvalue weighted by Crippen LogP contribution is 2.28. The Morgan fingerprint density at radius 3 is 2.75 bits per heavy atom. The van der Waals surface area contributed by atoms with Crippen molar-refractivity contribution in [1.82, 2.24) is 4.90 Å². The molecule has 0 spiro atoms. The van der Waals surface area contributed by atoms with Gasteiger partial charge in [-0.3, -0.25) is 4.79 Å². The Morgan fingerprint density at radius 1 is 1.42 bits per heavy atom. The predicted molar refractivity (Wildman–Crippen MR) is 44.7 cm³/mol. The van der Waals surface area contributed by atoms with Gasteiger partial charge in [-0.15, -0.1) is 0 Å². The zero-order valence-electron chi connectivity index (χ0n) is 7.29. The van der Waals surface area contributed by atoms with Gasteiger partial charge in [-0.05, 0) is 18.8 Å². The van der Waals surface area contributed by atoms with Crippen LogP contribution in [-0.4, -0.2) is 37.1 Å². The van der Waals surface area contributed by atoms with E-state index >= 15 is 0 Å². The average molecular weight is 169 g/mol. The van der Waals surface area contributed by atoms with Crippen molar-refractivity contribution in [3.05, 3.63) is 0 Å². The first-order valence-corrected chi connectivity index (χ1v) is 4.72. The van der Waals surface area contributed by atoms with Gasteiger partial charge in [0.1, 0.15) is 0 Å². The molecule has 0 aromatic heterocycles. The summed E-state index contributed by atoms with van der Waals surface area (Å²) in [5.41, 5.74) is 0. The highest BCUT2D eigenvalue weighted by atomic mass is 16.5. The van der Waals surface area contributed by atoms with Crippen molar-refractivity contribution in [3.8, 4) is 0 Å². The SMILES string of the molecule is O=C(CCN1CC1)OCC1CC1. The number of nitrogens with zero attached hydrogens (tertiary/aromatic N) is 1. The highest BCUT2D eigenvalue weighted by Gasteiger charge is 2.23. The number of hydrogen-bond acceptors (Lipinski definition) is 3. The van der Waals surface area contributed by atoms with E-state index < -0.39 is 0 Å². The van der Waals surface area contributed by atoms with Gasteiger partial charge in [0.15, 0.2) is 0 Å². The molecule has 1 saturated carbocycles. The fraction of sp³-hybridized carbons (Fsp3) is 0.889. The third-order valence-corrected chi connectivity index (χ3v) is 2.35. The monoisotopic (exact) mass is 169 g/mol. The summed E-state index contributed by atoms with van der Waals surface area (Å²) >= 11 is 0. The largest absolute Gasteiger partial charge is 0.465 e. The van der Waals surface area contributed by atoms with E-state index in [1.54, 1.807) is 0 Å². The van der Waals surface area contributed by atoms with Crippen molar-refractivity contribution in [2.24, 2.45) is 5.92 Å². The minimum absolute atomic E-state index is 0.0196. The van der Waals surface area contributed by atoms with Gasteiger partial charge in [0, 0.05) is 19.6 Å². The van der Waals surface area contributed by atoms with Crippen LogP contribution in [0, 0.1) is 5.92 Å². The van der Waals surface area contributed by atoms with E-state index in [0.717, 1.165) is 19.6 Å². The third-order valence-electron chi connectivity index (χ3n) is 2.35. The number of carbonyl (C=O) groups is 1. The van der Waals surface area contributed by atoms with Gasteiger partial charge < -0.3 is 9.64 Å². The van der Waals surface area contributed by atoms with Crippen molar-refractivity contribution in [3.63, 3.8) is 0 Å². The molecule has 3 nitrogen and oxygen atoms in total. The Morgan fingerprint density at radius 2 is 2.17 bits per heavy atom. The van der Waals surface area contributed by atoms with Gasteiger partial charge >= 0.3 is 5.97 Å². The Labute approximate surface area is 72.7 Å². The summed E-state index contributed by atoms with van der Waals surface area (Å²) in [5, 5.41) is 0. The molecule has 2 aliphatic rings. The molecule has 0 aromatic carbocycles. The van der Waals surface area contributed by atoms with Gasteiger partial charge in [-0.2, -0.15) is 0 Å². The normalized spacial score (nSPS) is 22.3. The molecule has 12 heavy (non-hydrogen) atoms. The lowest BCUT2D eigenvalue weighted by atomic mass is 10.4. The van der Waals surface area contributed by atoms with Crippen molar-refractivity contribution in [2.75, 3.05) is 26.2 Å². The molecule has 1 aliphatic heterocycles. The molecule has 0 N–H and O–H groups in total. The molecular weight excluding hydrogens is 154 g/mol. The molecule has 3 heteroatoms. The Balaban J connectivity index is 1.50. The summed E-state index contributed by atoms with van der Waals surface area (Å²) in [4.78, 5) is 13.3. The molecule has 68 valence electrons. The maximum Gasteiger partial charge on any atom is 0.307 e. The smallest absolute Gasteiger partial charge is 0.307 e. The summed E-state index contributed by atoms with van der Waals surface area (Å²) < 4.78 is 5.08. The fourth-order valence-electron chi connectivity index (χ4n) is 1.11. The van der Waals surface area contributed by atoms with Crippen LogP contribution >= 0.6 is 0 Å². The van der Waals surface area contributed by atoms with Crippen LogP contribution in [0.25, 0.3) is 0 Å². The Bertz CT molecular complexity index is 155. The van der Waals surface area contributed by atoms with Gasteiger partial charge in [0.05, 0.1) is 13.0 Å². The minimum Gasteiger partial charge on any atom is -0.465 e. The second-order valence-electron chi connectivity index (χ2n) is 3.72. The summed E-state index contributed by atoms with van der Waals surface area (Å²) in [6.45, 7) is 3.88. The number of carbonyl (C=O) groups excluding carboxylic acids is 1. The van der Waals surface area contributed by atoms with Gasteiger partial charge in [-0.25, -0.2) is 0 Å². The Kier molecular flexibility index (Phi) is 2.30. The van der Waals surface area contributed by atoms with Crippen LogP contribution in [-0.2, 0) is 9.53 Å². The summed E-state index contributed by atoms with van der Waals surface area (Å²) in [7, 11) is 0. The molecule has 1 heterocycles. The molecule has 0 amide bonds. The molecule has 0 unspecified atom stereocenters. The maximum atomic E-state index is 11.1. The van der Waals surface area contributed by atoms with Crippen LogP contribution in [0.1, 0.15) is 19.3 Å². The van der Waals surface area contributed by atoms with Crippen LogP contribution in [0.15, 0.2) is 0 Å². The van der Waals surface area contributed by atoms with E-state index in [1.807, 2.05) is 0 Å². The lowest BCUT2D eigenvalue weighted by Crippen LogP contribution is -2.12. The quantitative estimate of drug-likeness (QED) is 0.447. The molecule has 2 rings (SSSR count). The van der Waals surface area contributed by atoms with Crippen LogP contribution in [0.5, 0.6) is 0 Å². The molecule has 1 saturated heterocycles. The molecule has 1 aliphatic carbocycles. The van der Waals surface area contributed by atoms with E-state index in [1.165, 1.54) is 12.8 Å². The summed E-state index contributed by atoms with van der Waals surface area (Å²) in [5.74, 6) is 0.670. The van der Waals surface area contributed by atoms with Crippen molar-refractivity contribution >= 4 is 5.97 Å². The van der Waals surface area contributed by atoms with Crippen molar-refractivity contribution in [1.29, 1.82) is 0 Å². The first kappa shape index (κ1) is 8.05. The number of rotatable bonds is 5. The molecule has 0 radical (unpaired) electrons. The topological polar surface area (TPSA) is 29.3 Å². The van der Waals surface area contributed by atoms with Crippen LogP contribution in [0.2, 0.25) is 0 Å². The fourth-order valence-corrected chi connectivity index (χ4v) is 1.11. The van der Waals surface area contributed by atoms with E-state index in [9.17, 15) is 4.79 Å². The Hall–Kier alpha value is -0.570. The van der Waals surface area contributed by atoms with E-state index in [4.69, 9.17) is 4.74 Å². The van der Waals surface area contributed by atoms with E-state index in [2.05, 4.69) is 4.90 Å². The summed E-state index contributed by atoms with van der Waals surface area (Å²) in [6.07, 6.45) is 3.07. The van der Waals surface area contributed by atoms with Crippen LogP contribution < -0.4 is 0 Å². The molecular formula is C9H15NO2. The van der Waals surface area contributed by atoms with Crippen molar-refractivity contribution in [2.45, 2.75) is 19.3 Å². The summed E-state index contributed by atoms with van der Waals surface area (Å²) in [6, 6.07) is 0. The molecule has 0 atom stereocenters. The predicted octanol–water partition coefficient (Wildman–Crippen LogP) is 0.645. The second-order valence-corrected chi connectivity index (χ2v) is 3.72. The number of ether oxygens (including phenoxy) is 1. The van der Waals surface area contributed by atoms with Crippen molar-refractivity contribution < 1.29 is 9.53 Å². The zero-order valence-corrected chi connectivity index (χ0v) is 7.29. The average Bonchev–Trinajstić information content (AvgIpc) is 2.89. The second kappa shape index (κ2) is 3.44. The van der Waals surface area contributed by atoms with Gasteiger partial charge in [0.25, 0.3) is 0 Å². The van der Waals surface area contributed by atoms with Crippen LogP contribution in [0.3, 0.4) is 0 Å². The van der Waals surface area contributed by atoms with Crippen LogP contribution in [0.4, 0.5) is 0 Å².